The summed E-state index contributed by atoms with van der Waals surface area (Å²) < 4.78 is 37.8. The number of benzene rings is 1. The molecule has 0 aliphatic carbocycles. The molecule has 124 valence electrons. The minimum atomic E-state index is -3.77. The fraction of sp³-hybridized carbons (Fsp3) is 0.0714. The first kappa shape index (κ1) is 16.0. The topological polar surface area (TPSA) is 125 Å². The highest BCUT2D eigenvalue weighted by Crippen LogP contribution is 2.21. The molecular weight excluding hydrogens is 337 g/mol. The van der Waals surface area contributed by atoms with Crippen molar-refractivity contribution in [1.82, 2.24) is 25.6 Å². The molecule has 0 aliphatic heterocycles. The maximum absolute atomic E-state index is 12.9. The quantitative estimate of drug-likeness (QED) is 0.595. The SMILES string of the molecule is O=S(=O)(c1ccc(F)cc1)c1ccc(C=CC(O)c2nn[nH]n2)[nH]1. The zero-order chi connectivity index (χ0) is 17.2. The lowest BCUT2D eigenvalue weighted by atomic mass is 10.3. The van der Waals surface area contributed by atoms with Crippen LogP contribution in [0.5, 0.6) is 0 Å². The molecule has 10 heteroatoms. The number of halogens is 1. The van der Waals surface area contributed by atoms with Crippen LogP contribution in [0, 0.1) is 5.82 Å². The maximum atomic E-state index is 12.9. The Bertz CT molecular complexity index is 949. The summed E-state index contributed by atoms with van der Waals surface area (Å²) in [5.41, 5.74) is 0.457. The third-order valence-electron chi connectivity index (χ3n) is 3.18. The van der Waals surface area contributed by atoms with E-state index in [2.05, 4.69) is 25.6 Å². The molecule has 2 aromatic heterocycles. The average Bonchev–Trinajstić information content (AvgIpc) is 3.25. The molecule has 1 aromatic carbocycles. The Kier molecular flexibility index (Phi) is 4.23. The second kappa shape index (κ2) is 6.34. The molecule has 0 saturated carbocycles. The van der Waals surface area contributed by atoms with Crippen LogP contribution in [0.15, 0.2) is 52.4 Å². The molecule has 2 heterocycles. The third kappa shape index (κ3) is 3.24. The Labute approximate surface area is 136 Å². The van der Waals surface area contributed by atoms with Crippen LogP contribution in [-0.4, -0.2) is 39.1 Å². The zero-order valence-electron chi connectivity index (χ0n) is 12.1. The van der Waals surface area contributed by atoms with Gasteiger partial charge in [0.25, 0.3) is 0 Å². The van der Waals surface area contributed by atoms with Gasteiger partial charge in [-0.15, -0.1) is 10.2 Å². The molecule has 3 N–H and O–H groups in total. The van der Waals surface area contributed by atoms with Gasteiger partial charge in [-0.2, -0.15) is 5.21 Å². The first-order chi connectivity index (χ1) is 11.5. The lowest BCUT2D eigenvalue weighted by Gasteiger charge is -2.02. The Morgan fingerprint density at radius 1 is 1.17 bits per heavy atom. The molecule has 0 saturated heterocycles. The summed E-state index contributed by atoms with van der Waals surface area (Å²) in [6.45, 7) is 0. The lowest BCUT2D eigenvalue weighted by Crippen LogP contribution is -2.02. The molecule has 0 fully saturated rings. The van der Waals surface area contributed by atoms with Gasteiger partial charge in [-0.25, -0.2) is 12.8 Å². The van der Waals surface area contributed by atoms with Gasteiger partial charge >= 0.3 is 0 Å². The van der Waals surface area contributed by atoms with Crippen molar-refractivity contribution in [2.45, 2.75) is 16.0 Å². The summed E-state index contributed by atoms with van der Waals surface area (Å²) in [5, 5.41) is 22.6. The number of rotatable bonds is 5. The van der Waals surface area contributed by atoms with Crippen molar-refractivity contribution < 1.29 is 17.9 Å². The highest BCUT2D eigenvalue weighted by molar-refractivity contribution is 7.91. The molecule has 3 aromatic rings. The number of aliphatic hydroxyl groups is 1. The van der Waals surface area contributed by atoms with Gasteiger partial charge in [-0.3, -0.25) is 0 Å². The Balaban J connectivity index is 1.81. The molecule has 0 amide bonds. The van der Waals surface area contributed by atoms with Crippen molar-refractivity contribution in [3.8, 4) is 0 Å². The zero-order valence-corrected chi connectivity index (χ0v) is 12.9. The van der Waals surface area contributed by atoms with Crippen molar-refractivity contribution in [2.24, 2.45) is 0 Å². The summed E-state index contributed by atoms with van der Waals surface area (Å²) in [7, 11) is -3.77. The summed E-state index contributed by atoms with van der Waals surface area (Å²) in [6.07, 6.45) is 1.79. The summed E-state index contributed by atoms with van der Waals surface area (Å²) in [5.74, 6) is -0.420. The fourth-order valence-corrected chi connectivity index (χ4v) is 3.21. The standard InChI is InChI=1S/C14H12FN5O3S/c15-9-1-5-11(6-2-9)24(22,23)13-8-4-10(16-13)3-7-12(21)14-17-19-20-18-14/h1-8,12,16,21H,(H,17,18,19,20). The van der Waals surface area contributed by atoms with Gasteiger partial charge in [0.05, 0.1) is 4.90 Å². The number of nitrogens with one attached hydrogen (secondary N) is 2. The number of H-pyrrole nitrogens is 2. The largest absolute Gasteiger partial charge is 0.381 e. The number of tetrazole rings is 1. The molecule has 1 atom stereocenters. The number of hydrogen-bond donors (Lipinski definition) is 3. The van der Waals surface area contributed by atoms with Crippen LogP contribution in [0.4, 0.5) is 4.39 Å². The smallest absolute Gasteiger partial charge is 0.221 e. The molecular formula is C14H12FN5O3S. The molecule has 1 unspecified atom stereocenters. The summed E-state index contributed by atoms with van der Waals surface area (Å²) in [6, 6.07) is 7.48. The van der Waals surface area contributed by atoms with Crippen LogP contribution < -0.4 is 0 Å². The van der Waals surface area contributed by atoms with Crippen LogP contribution in [0.1, 0.15) is 17.6 Å². The van der Waals surface area contributed by atoms with Crippen LogP contribution in [0.2, 0.25) is 0 Å². The molecule has 3 rings (SSSR count). The van der Waals surface area contributed by atoms with Crippen LogP contribution in [0.3, 0.4) is 0 Å². The summed E-state index contributed by atoms with van der Waals surface area (Å²) in [4.78, 5) is 2.70. The minimum Gasteiger partial charge on any atom is -0.381 e. The van der Waals surface area contributed by atoms with E-state index < -0.39 is 21.8 Å². The molecule has 0 aliphatic rings. The highest BCUT2D eigenvalue weighted by atomic mass is 32.2. The van der Waals surface area contributed by atoms with E-state index in [-0.39, 0.29) is 15.7 Å². The van der Waals surface area contributed by atoms with E-state index in [1.807, 2.05) is 0 Å². The first-order valence-corrected chi connectivity index (χ1v) is 8.24. The average molecular weight is 349 g/mol. The number of hydrogen-bond acceptors (Lipinski definition) is 6. The predicted molar refractivity (Wildman–Crippen MR) is 80.8 cm³/mol. The number of aromatic amines is 2. The van der Waals surface area contributed by atoms with Gasteiger partial charge in [-0.05, 0) is 48.6 Å². The van der Waals surface area contributed by atoms with Gasteiger partial charge < -0.3 is 10.1 Å². The van der Waals surface area contributed by atoms with Gasteiger partial charge in [0.1, 0.15) is 16.9 Å². The molecule has 0 bridgehead atoms. The van der Waals surface area contributed by atoms with E-state index in [4.69, 9.17) is 0 Å². The second-order valence-corrected chi connectivity index (χ2v) is 6.73. The van der Waals surface area contributed by atoms with Crippen molar-refractivity contribution in [1.29, 1.82) is 0 Å². The predicted octanol–water partition coefficient (Wildman–Crippen LogP) is 1.25. The van der Waals surface area contributed by atoms with Crippen molar-refractivity contribution in [3.05, 3.63) is 59.8 Å². The van der Waals surface area contributed by atoms with E-state index in [0.29, 0.717) is 5.69 Å². The second-order valence-electron chi connectivity index (χ2n) is 4.81. The van der Waals surface area contributed by atoms with Crippen LogP contribution in [0.25, 0.3) is 6.08 Å². The van der Waals surface area contributed by atoms with E-state index in [1.165, 1.54) is 36.4 Å². The highest BCUT2D eigenvalue weighted by Gasteiger charge is 2.19. The van der Waals surface area contributed by atoms with E-state index in [9.17, 15) is 17.9 Å². The minimum absolute atomic E-state index is 0.0203. The summed E-state index contributed by atoms with van der Waals surface area (Å²) >= 11 is 0. The van der Waals surface area contributed by atoms with Crippen LogP contribution >= 0.6 is 0 Å². The molecule has 0 radical (unpaired) electrons. The van der Waals surface area contributed by atoms with Gasteiger partial charge in [0.15, 0.2) is 0 Å². The number of aromatic nitrogens is 5. The monoisotopic (exact) mass is 349 g/mol. The van der Waals surface area contributed by atoms with Crippen molar-refractivity contribution in [2.75, 3.05) is 0 Å². The van der Waals surface area contributed by atoms with Crippen molar-refractivity contribution >= 4 is 15.9 Å². The lowest BCUT2D eigenvalue weighted by molar-refractivity contribution is 0.219. The van der Waals surface area contributed by atoms with Gasteiger partial charge in [0, 0.05) is 5.69 Å². The Morgan fingerprint density at radius 3 is 2.58 bits per heavy atom. The Hall–Kier alpha value is -2.85. The molecule has 24 heavy (non-hydrogen) atoms. The Morgan fingerprint density at radius 2 is 1.92 bits per heavy atom. The first-order valence-electron chi connectivity index (χ1n) is 6.76. The van der Waals surface area contributed by atoms with E-state index in [1.54, 1.807) is 0 Å². The number of aliphatic hydroxyl groups excluding tert-OH is 1. The van der Waals surface area contributed by atoms with Gasteiger partial charge in [-0.1, -0.05) is 5.21 Å². The van der Waals surface area contributed by atoms with E-state index >= 15 is 0 Å². The molecule has 8 nitrogen and oxygen atoms in total. The molecule has 0 spiro atoms. The van der Waals surface area contributed by atoms with Crippen LogP contribution in [-0.2, 0) is 9.84 Å². The van der Waals surface area contributed by atoms with Crippen molar-refractivity contribution in [3.63, 3.8) is 0 Å². The normalized spacial score (nSPS) is 13.4. The van der Waals surface area contributed by atoms with Gasteiger partial charge in [0.2, 0.25) is 15.7 Å². The number of sulfone groups is 1. The number of nitrogens with zero attached hydrogens (tertiary/aromatic N) is 3. The fourth-order valence-electron chi connectivity index (χ4n) is 1.96. The maximum Gasteiger partial charge on any atom is 0.221 e. The van der Waals surface area contributed by atoms with E-state index in [0.717, 1.165) is 12.1 Å². The third-order valence-corrected chi connectivity index (χ3v) is 4.89.